The average Bonchev–Trinajstić information content (AvgIpc) is 2.79. The molecule has 6 heteroatoms. The lowest BCUT2D eigenvalue weighted by atomic mass is 10.0. The third-order valence-corrected chi connectivity index (χ3v) is 5.23. The van der Waals surface area contributed by atoms with Crippen LogP contribution < -0.4 is 5.32 Å². The minimum Gasteiger partial charge on any atom is -0.388 e. The number of benzene rings is 1. The molecule has 0 aliphatic heterocycles. The first kappa shape index (κ1) is 16.5. The fourth-order valence-electron chi connectivity index (χ4n) is 2.30. The van der Waals surface area contributed by atoms with Crippen LogP contribution in [0.3, 0.4) is 0 Å². The highest BCUT2D eigenvalue weighted by atomic mass is 79.9. The van der Waals surface area contributed by atoms with Crippen molar-refractivity contribution in [2.24, 2.45) is 0 Å². The number of hydrogen-bond donors (Lipinski definition) is 3. The van der Waals surface area contributed by atoms with Crippen molar-refractivity contribution in [1.29, 1.82) is 0 Å². The number of hydrogen-bond acceptors (Lipinski definition) is 2. The molecular formula is C15H18Br2N2O2. The molecule has 1 unspecified atom stereocenters. The van der Waals surface area contributed by atoms with Gasteiger partial charge in [-0.1, -0.05) is 13.3 Å². The maximum absolute atomic E-state index is 12.3. The lowest BCUT2D eigenvalue weighted by Crippen LogP contribution is -2.40. The Labute approximate surface area is 140 Å². The number of aromatic amines is 1. The van der Waals surface area contributed by atoms with Crippen LogP contribution in [0.25, 0.3) is 10.9 Å². The van der Waals surface area contributed by atoms with Crippen LogP contribution in [0, 0.1) is 0 Å². The molecule has 0 bridgehead atoms. The molecule has 2 aromatic rings. The summed E-state index contributed by atoms with van der Waals surface area (Å²) >= 11 is 6.88. The summed E-state index contributed by atoms with van der Waals surface area (Å²) in [5, 5.41) is 13.8. The largest absolute Gasteiger partial charge is 0.388 e. The number of aromatic nitrogens is 1. The minimum absolute atomic E-state index is 0.188. The number of amides is 1. The van der Waals surface area contributed by atoms with Gasteiger partial charge in [-0.05, 0) is 57.3 Å². The SMILES string of the molecule is CCCC(C)(O)CNC(=O)c1c[nH]c2cc(Br)c(Br)cc12. The molecule has 0 saturated heterocycles. The maximum Gasteiger partial charge on any atom is 0.253 e. The van der Waals surface area contributed by atoms with Crippen molar-refractivity contribution in [1.82, 2.24) is 10.3 Å². The first-order valence-electron chi connectivity index (χ1n) is 6.81. The van der Waals surface area contributed by atoms with Gasteiger partial charge >= 0.3 is 0 Å². The quantitative estimate of drug-likeness (QED) is 0.688. The third-order valence-electron chi connectivity index (χ3n) is 3.39. The molecule has 0 spiro atoms. The van der Waals surface area contributed by atoms with Crippen molar-refractivity contribution in [2.45, 2.75) is 32.3 Å². The van der Waals surface area contributed by atoms with E-state index >= 15 is 0 Å². The number of H-pyrrole nitrogens is 1. The number of halogens is 2. The summed E-state index contributed by atoms with van der Waals surface area (Å²) in [4.78, 5) is 15.4. The summed E-state index contributed by atoms with van der Waals surface area (Å²) in [5.74, 6) is -0.188. The lowest BCUT2D eigenvalue weighted by Gasteiger charge is -2.22. The number of carbonyl (C=O) groups is 1. The van der Waals surface area contributed by atoms with Gasteiger partial charge in [0.2, 0.25) is 0 Å². The smallest absolute Gasteiger partial charge is 0.253 e. The van der Waals surface area contributed by atoms with Crippen molar-refractivity contribution in [2.75, 3.05) is 6.54 Å². The molecule has 0 aliphatic rings. The molecule has 4 nitrogen and oxygen atoms in total. The summed E-state index contributed by atoms with van der Waals surface area (Å²) in [6.07, 6.45) is 3.21. The number of fused-ring (bicyclic) bond motifs is 1. The fourth-order valence-corrected chi connectivity index (χ4v) is 2.98. The van der Waals surface area contributed by atoms with Crippen molar-refractivity contribution in [3.63, 3.8) is 0 Å². The molecule has 0 radical (unpaired) electrons. The molecular weight excluding hydrogens is 400 g/mol. The zero-order valence-corrected chi connectivity index (χ0v) is 15.1. The number of rotatable bonds is 5. The van der Waals surface area contributed by atoms with Crippen molar-refractivity contribution < 1.29 is 9.90 Å². The van der Waals surface area contributed by atoms with E-state index in [1.54, 1.807) is 13.1 Å². The summed E-state index contributed by atoms with van der Waals surface area (Å²) in [6, 6.07) is 3.82. The molecule has 0 aliphatic carbocycles. The first-order valence-corrected chi connectivity index (χ1v) is 8.39. The third kappa shape index (κ3) is 3.87. The van der Waals surface area contributed by atoms with Gasteiger partial charge in [0.1, 0.15) is 0 Å². The van der Waals surface area contributed by atoms with Crippen LogP contribution in [-0.4, -0.2) is 28.1 Å². The van der Waals surface area contributed by atoms with Gasteiger partial charge < -0.3 is 15.4 Å². The normalized spacial score (nSPS) is 14.1. The van der Waals surface area contributed by atoms with Crippen LogP contribution in [0.5, 0.6) is 0 Å². The minimum atomic E-state index is -0.875. The molecule has 3 N–H and O–H groups in total. The Kier molecular flexibility index (Phi) is 5.11. The van der Waals surface area contributed by atoms with Crippen molar-refractivity contribution in [3.8, 4) is 0 Å². The summed E-state index contributed by atoms with van der Waals surface area (Å²) < 4.78 is 1.82. The summed E-state index contributed by atoms with van der Waals surface area (Å²) in [5.41, 5.74) is 0.584. The molecule has 2 rings (SSSR count). The standard InChI is InChI=1S/C15H18Br2N2O2/c1-3-4-15(2,21)8-19-14(20)10-7-18-13-6-12(17)11(16)5-9(10)13/h5-7,18,21H,3-4,8H2,1-2H3,(H,19,20). The van der Waals surface area contributed by atoms with Crippen molar-refractivity contribution in [3.05, 3.63) is 32.8 Å². The van der Waals surface area contributed by atoms with E-state index in [1.807, 2.05) is 19.1 Å². The van der Waals surface area contributed by atoms with Crippen molar-refractivity contribution >= 4 is 48.7 Å². The van der Waals surface area contributed by atoms with Gasteiger partial charge in [0.15, 0.2) is 0 Å². The number of nitrogens with one attached hydrogen (secondary N) is 2. The molecule has 1 aromatic heterocycles. The molecule has 0 saturated carbocycles. The van der Waals surface area contributed by atoms with Gasteiger partial charge in [-0.3, -0.25) is 4.79 Å². The lowest BCUT2D eigenvalue weighted by molar-refractivity contribution is 0.0470. The average molecular weight is 418 g/mol. The zero-order valence-electron chi connectivity index (χ0n) is 12.0. The molecule has 114 valence electrons. The first-order chi connectivity index (χ1) is 9.84. The van der Waals surface area contributed by atoms with Crippen LogP contribution in [0.15, 0.2) is 27.3 Å². The van der Waals surface area contributed by atoms with Gasteiger partial charge in [-0.15, -0.1) is 0 Å². The van der Waals surface area contributed by atoms with E-state index in [9.17, 15) is 9.90 Å². The highest BCUT2D eigenvalue weighted by Gasteiger charge is 2.21. The monoisotopic (exact) mass is 416 g/mol. The summed E-state index contributed by atoms with van der Waals surface area (Å²) in [6.45, 7) is 3.98. The zero-order chi connectivity index (χ0) is 15.6. The Bertz CT molecular complexity index is 665. The van der Waals surface area contributed by atoms with Gasteiger partial charge in [0.25, 0.3) is 5.91 Å². The van der Waals surface area contributed by atoms with Crippen LogP contribution in [0.1, 0.15) is 37.0 Å². The van der Waals surface area contributed by atoms with Crippen LogP contribution in [-0.2, 0) is 0 Å². The Morgan fingerprint density at radius 2 is 2.05 bits per heavy atom. The molecule has 0 fully saturated rings. The van der Waals surface area contributed by atoms with Crippen LogP contribution in [0.2, 0.25) is 0 Å². The Hall–Kier alpha value is -0.850. The van der Waals surface area contributed by atoms with E-state index in [0.29, 0.717) is 12.0 Å². The summed E-state index contributed by atoms with van der Waals surface area (Å²) in [7, 11) is 0. The Balaban J connectivity index is 2.18. The predicted molar refractivity (Wildman–Crippen MR) is 91.6 cm³/mol. The highest BCUT2D eigenvalue weighted by molar-refractivity contribution is 9.13. The van der Waals surface area contributed by atoms with Gasteiger partial charge in [0, 0.05) is 32.6 Å². The number of aliphatic hydroxyl groups is 1. The van der Waals surface area contributed by atoms with E-state index in [-0.39, 0.29) is 12.5 Å². The van der Waals surface area contributed by atoms with Gasteiger partial charge in [-0.2, -0.15) is 0 Å². The topological polar surface area (TPSA) is 65.1 Å². The fraction of sp³-hybridized carbons (Fsp3) is 0.400. The Morgan fingerprint density at radius 3 is 2.71 bits per heavy atom. The van der Waals surface area contributed by atoms with Crippen LogP contribution >= 0.6 is 31.9 Å². The van der Waals surface area contributed by atoms with E-state index < -0.39 is 5.60 Å². The highest BCUT2D eigenvalue weighted by Crippen LogP contribution is 2.30. The van der Waals surface area contributed by atoms with E-state index in [0.717, 1.165) is 26.3 Å². The molecule has 1 atom stereocenters. The van der Waals surface area contributed by atoms with Crippen LogP contribution in [0.4, 0.5) is 0 Å². The predicted octanol–water partition coefficient (Wildman–Crippen LogP) is 3.97. The molecule has 1 amide bonds. The molecule has 1 aromatic carbocycles. The van der Waals surface area contributed by atoms with Gasteiger partial charge in [-0.25, -0.2) is 0 Å². The second kappa shape index (κ2) is 6.50. The van der Waals surface area contributed by atoms with Gasteiger partial charge in [0.05, 0.1) is 11.2 Å². The second-order valence-corrected chi connectivity index (χ2v) is 7.15. The van der Waals surface area contributed by atoms with E-state index in [1.165, 1.54) is 0 Å². The number of carbonyl (C=O) groups excluding carboxylic acids is 1. The van der Waals surface area contributed by atoms with E-state index in [4.69, 9.17) is 0 Å². The Morgan fingerprint density at radius 1 is 1.38 bits per heavy atom. The second-order valence-electron chi connectivity index (χ2n) is 5.44. The maximum atomic E-state index is 12.3. The van der Waals surface area contributed by atoms with E-state index in [2.05, 4.69) is 42.2 Å². The molecule has 21 heavy (non-hydrogen) atoms. The molecule has 1 heterocycles.